The average molecular weight is 399 g/mol. The lowest BCUT2D eigenvalue weighted by atomic mass is 10.2. The lowest BCUT2D eigenvalue weighted by molar-refractivity contribution is 0.454. The van der Waals surface area contributed by atoms with E-state index >= 15 is 0 Å². The number of anilines is 1. The fourth-order valence-corrected chi connectivity index (χ4v) is 4.15. The van der Waals surface area contributed by atoms with Gasteiger partial charge >= 0.3 is 0 Å². The van der Waals surface area contributed by atoms with Crippen molar-refractivity contribution in [1.29, 1.82) is 0 Å². The van der Waals surface area contributed by atoms with Crippen molar-refractivity contribution in [3.63, 3.8) is 0 Å². The molecule has 0 bridgehead atoms. The van der Waals surface area contributed by atoms with E-state index < -0.39 is 10.0 Å². The fraction of sp³-hybridized carbons (Fsp3) is 0.316. The Morgan fingerprint density at radius 3 is 2.29 bits per heavy atom. The molecule has 8 nitrogen and oxygen atoms in total. The summed E-state index contributed by atoms with van der Waals surface area (Å²) in [5.41, 5.74) is 3.61. The predicted octanol–water partition coefficient (Wildman–Crippen LogP) is 3.28. The van der Waals surface area contributed by atoms with Crippen LogP contribution < -0.4 is 9.46 Å². The van der Waals surface area contributed by atoms with Crippen LogP contribution in [0.4, 0.5) is 5.69 Å². The molecule has 1 saturated carbocycles. The quantitative estimate of drug-likeness (QED) is 0.683. The number of nitrogens with zero attached hydrogens (tertiary/aromatic N) is 4. The summed E-state index contributed by atoms with van der Waals surface area (Å²) in [7, 11) is -3.27. The molecule has 0 amide bonds. The minimum Gasteiger partial charge on any atom is -0.438 e. The van der Waals surface area contributed by atoms with Crippen LogP contribution in [0.25, 0.3) is 5.82 Å². The van der Waals surface area contributed by atoms with Crippen molar-refractivity contribution < 1.29 is 13.2 Å². The van der Waals surface area contributed by atoms with Gasteiger partial charge in [0.2, 0.25) is 15.9 Å². The van der Waals surface area contributed by atoms with Gasteiger partial charge in [-0.2, -0.15) is 5.10 Å². The van der Waals surface area contributed by atoms with E-state index in [4.69, 9.17) is 4.74 Å². The highest BCUT2D eigenvalue weighted by molar-refractivity contribution is 7.93. The molecule has 9 heteroatoms. The maximum absolute atomic E-state index is 12.0. The molecule has 0 unspecified atom stereocenters. The monoisotopic (exact) mass is 399 g/mol. The van der Waals surface area contributed by atoms with Gasteiger partial charge in [0.25, 0.3) is 0 Å². The van der Waals surface area contributed by atoms with E-state index in [1.165, 1.54) is 0 Å². The molecule has 2 heterocycles. The van der Waals surface area contributed by atoms with Gasteiger partial charge in [0, 0.05) is 17.4 Å². The lowest BCUT2D eigenvalue weighted by Gasteiger charge is -2.09. The van der Waals surface area contributed by atoms with E-state index in [-0.39, 0.29) is 5.25 Å². The minimum atomic E-state index is -3.27. The number of aryl methyl sites for hydroxylation is 1. The number of ether oxygens (including phenoxy) is 1. The van der Waals surface area contributed by atoms with Gasteiger partial charge in [-0.1, -0.05) is 0 Å². The summed E-state index contributed by atoms with van der Waals surface area (Å²) in [5.74, 6) is 1.50. The summed E-state index contributed by atoms with van der Waals surface area (Å²) >= 11 is 0. The number of hydrogen-bond donors (Lipinski definition) is 1. The molecule has 0 aliphatic heterocycles. The molecular formula is C19H21N5O3S. The Bertz CT molecular complexity index is 1100. The Labute approximate surface area is 163 Å². The van der Waals surface area contributed by atoms with Crippen LogP contribution in [0, 0.1) is 20.8 Å². The molecule has 1 fully saturated rings. The standard InChI is InChI=1S/C19H21N5O3S/c1-12-13(2)22-24(14(12)3)18-10-11-19(21-20-18)27-16-6-4-15(5-7-16)23-28(25,26)17-8-9-17/h4-7,10-11,17,23H,8-9H2,1-3H3. The van der Waals surface area contributed by atoms with Crippen molar-refractivity contribution in [2.75, 3.05) is 4.72 Å². The molecule has 4 rings (SSSR count). The number of aromatic nitrogens is 4. The molecule has 0 spiro atoms. The summed E-state index contributed by atoms with van der Waals surface area (Å²) < 4.78 is 34.0. The predicted molar refractivity (Wildman–Crippen MR) is 105 cm³/mol. The van der Waals surface area contributed by atoms with E-state index in [0.29, 0.717) is 23.1 Å². The number of benzene rings is 1. The third-order valence-electron chi connectivity index (χ3n) is 4.80. The Morgan fingerprint density at radius 2 is 1.75 bits per heavy atom. The van der Waals surface area contributed by atoms with E-state index in [1.807, 2.05) is 20.8 Å². The average Bonchev–Trinajstić information content (AvgIpc) is 3.49. The second kappa shape index (κ2) is 6.90. The van der Waals surface area contributed by atoms with Gasteiger partial charge in [0.05, 0.1) is 10.9 Å². The number of sulfonamides is 1. The van der Waals surface area contributed by atoms with Crippen LogP contribution in [0.3, 0.4) is 0 Å². The second-order valence-electron chi connectivity index (χ2n) is 6.91. The van der Waals surface area contributed by atoms with Crippen molar-refractivity contribution >= 4 is 15.7 Å². The SMILES string of the molecule is Cc1nn(-c2ccc(Oc3ccc(NS(=O)(=O)C4CC4)cc3)nn2)c(C)c1C. The van der Waals surface area contributed by atoms with Crippen LogP contribution in [0.1, 0.15) is 29.8 Å². The van der Waals surface area contributed by atoms with Crippen molar-refractivity contribution in [3.05, 3.63) is 53.3 Å². The zero-order valence-electron chi connectivity index (χ0n) is 15.9. The summed E-state index contributed by atoms with van der Waals surface area (Å²) in [4.78, 5) is 0. The molecule has 1 N–H and O–H groups in total. The van der Waals surface area contributed by atoms with Gasteiger partial charge in [-0.3, -0.25) is 4.72 Å². The smallest absolute Gasteiger partial charge is 0.238 e. The third-order valence-corrected chi connectivity index (χ3v) is 6.67. The highest BCUT2D eigenvalue weighted by atomic mass is 32.2. The zero-order valence-corrected chi connectivity index (χ0v) is 16.7. The van der Waals surface area contributed by atoms with Crippen LogP contribution in [-0.2, 0) is 10.0 Å². The largest absolute Gasteiger partial charge is 0.438 e. The minimum absolute atomic E-state index is 0.261. The Hall–Kier alpha value is -2.94. The molecule has 1 aromatic carbocycles. The van der Waals surface area contributed by atoms with Crippen LogP contribution in [0.2, 0.25) is 0 Å². The van der Waals surface area contributed by atoms with E-state index in [2.05, 4.69) is 20.0 Å². The lowest BCUT2D eigenvalue weighted by Crippen LogP contribution is -2.17. The molecule has 0 atom stereocenters. The normalized spacial score (nSPS) is 14.1. The van der Waals surface area contributed by atoms with Crippen LogP contribution >= 0.6 is 0 Å². The molecule has 146 valence electrons. The molecule has 28 heavy (non-hydrogen) atoms. The molecule has 1 aliphatic carbocycles. The molecule has 1 aliphatic rings. The van der Waals surface area contributed by atoms with Crippen molar-refractivity contribution in [1.82, 2.24) is 20.0 Å². The first-order valence-corrected chi connectivity index (χ1v) is 10.5. The van der Waals surface area contributed by atoms with Crippen LogP contribution in [-0.4, -0.2) is 33.6 Å². The topological polar surface area (TPSA) is 99.0 Å². The number of rotatable bonds is 6. The van der Waals surface area contributed by atoms with Crippen LogP contribution in [0.15, 0.2) is 36.4 Å². The maximum Gasteiger partial charge on any atom is 0.238 e. The second-order valence-corrected chi connectivity index (χ2v) is 8.87. The Kier molecular flexibility index (Phi) is 4.54. The third kappa shape index (κ3) is 3.70. The van der Waals surface area contributed by atoms with Gasteiger partial charge in [-0.05, 0) is 69.5 Å². The van der Waals surface area contributed by atoms with Gasteiger partial charge in [0.15, 0.2) is 5.82 Å². The maximum atomic E-state index is 12.0. The van der Waals surface area contributed by atoms with Crippen LogP contribution in [0.5, 0.6) is 11.6 Å². The Morgan fingerprint density at radius 1 is 1.04 bits per heavy atom. The molecule has 3 aromatic rings. The van der Waals surface area contributed by atoms with E-state index in [0.717, 1.165) is 29.8 Å². The van der Waals surface area contributed by atoms with Gasteiger partial charge in [0.1, 0.15) is 5.75 Å². The first-order chi connectivity index (χ1) is 13.3. The number of hydrogen-bond acceptors (Lipinski definition) is 6. The summed E-state index contributed by atoms with van der Waals surface area (Å²) in [6.45, 7) is 5.96. The molecule has 0 radical (unpaired) electrons. The van der Waals surface area contributed by atoms with Gasteiger partial charge in [-0.15, -0.1) is 10.2 Å². The molecular weight excluding hydrogens is 378 g/mol. The number of nitrogens with one attached hydrogen (secondary N) is 1. The summed E-state index contributed by atoms with van der Waals surface area (Å²) in [5, 5.41) is 12.5. The zero-order chi connectivity index (χ0) is 19.9. The van der Waals surface area contributed by atoms with Crippen molar-refractivity contribution in [3.8, 4) is 17.4 Å². The first kappa shape index (κ1) is 18.4. The highest BCUT2D eigenvalue weighted by Crippen LogP contribution is 2.30. The first-order valence-electron chi connectivity index (χ1n) is 9.00. The summed E-state index contributed by atoms with van der Waals surface area (Å²) in [6, 6.07) is 10.2. The van der Waals surface area contributed by atoms with E-state index in [9.17, 15) is 8.42 Å². The summed E-state index contributed by atoms with van der Waals surface area (Å²) in [6.07, 6.45) is 1.45. The Balaban J connectivity index is 1.45. The van der Waals surface area contributed by atoms with Gasteiger partial charge in [-0.25, -0.2) is 13.1 Å². The highest BCUT2D eigenvalue weighted by Gasteiger charge is 2.35. The van der Waals surface area contributed by atoms with Gasteiger partial charge < -0.3 is 4.74 Å². The molecule has 0 saturated heterocycles. The van der Waals surface area contributed by atoms with Crippen molar-refractivity contribution in [2.45, 2.75) is 38.9 Å². The fourth-order valence-electron chi connectivity index (χ4n) is 2.76. The van der Waals surface area contributed by atoms with E-state index in [1.54, 1.807) is 41.1 Å². The molecule has 2 aromatic heterocycles. The van der Waals surface area contributed by atoms with Crippen molar-refractivity contribution in [2.24, 2.45) is 0 Å².